The van der Waals surface area contributed by atoms with E-state index in [1.54, 1.807) is 0 Å². The molecule has 114 valence electrons. The number of alkyl halides is 3. The van der Waals surface area contributed by atoms with E-state index < -0.39 is 35.1 Å². The first-order chi connectivity index (χ1) is 9.70. The molecule has 0 saturated carbocycles. The highest BCUT2D eigenvalue weighted by Gasteiger charge is 2.37. The summed E-state index contributed by atoms with van der Waals surface area (Å²) in [7, 11) is 0. The number of carbonyl (C=O) groups is 2. The van der Waals surface area contributed by atoms with Crippen molar-refractivity contribution in [2.45, 2.75) is 12.6 Å². The van der Waals surface area contributed by atoms with Crippen LogP contribution in [0.1, 0.15) is 22.3 Å². The molecule has 1 unspecified atom stereocenters. The van der Waals surface area contributed by atoms with Gasteiger partial charge >= 0.3 is 12.1 Å². The number of hydrogen-bond donors (Lipinski definition) is 2. The van der Waals surface area contributed by atoms with Crippen LogP contribution in [0.15, 0.2) is 18.2 Å². The van der Waals surface area contributed by atoms with E-state index in [0.29, 0.717) is 12.5 Å². The fourth-order valence-electron chi connectivity index (χ4n) is 2.38. The van der Waals surface area contributed by atoms with Gasteiger partial charge < -0.3 is 15.7 Å². The molecular formula is C13H13F3N2O3. The molecule has 21 heavy (non-hydrogen) atoms. The summed E-state index contributed by atoms with van der Waals surface area (Å²) < 4.78 is 39.3. The van der Waals surface area contributed by atoms with E-state index in [4.69, 9.17) is 10.8 Å². The van der Waals surface area contributed by atoms with Crippen molar-refractivity contribution in [3.05, 3.63) is 29.3 Å². The average molecular weight is 302 g/mol. The van der Waals surface area contributed by atoms with Gasteiger partial charge in [0.05, 0.1) is 17.0 Å². The number of nitrogens with zero attached hydrogens (tertiary/aromatic N) is 1. The van der Waals surface area contributed by atoms with Crippen LogP contribution in [0.25, 0.3) is 0 Å². The smallest absolute Gasteiger partial charge is 0.418 e. The van der Waals surface area contributed by atoms with Crippen molar-refractivity contribution in [2.75, 3.05) is 18.0 Å². The Morgan fingerprint density at radius 3 is 2.48 bits per heavy atom. The molecule has 1 aromatic carbocycles. The number of rotatable bonds is 3. The summed E-state index contributed by atoms with van der Waals surface area (Å²) in [4.78, 5) is 23.3. The molecule has 8 heteroatoms. The number of carboxylic acids is 1. The number of anilines is 1. The van der Waals surface area contributed by atoms with Crippen molar-refractivity contribution in [1.29, 1.82) is 0 Å². The standard InChI is InChI=1S/C13H13F3N2O3/c14-13(15,16)9-5-7(12(20)21)1-2-10(9)18-4-3-8(6-18)11(17)19/h1-2,5,8H,3-4,6H2,(H2,17,19)(H,20,21). The van der Waals surface area contributed by atoms with Crippen molar-refractivity contribution in [2.24, 2.45) is 11.7 Å². The van der Waals surface area contributed by atoms with E-state index in [0.717, 1.165) is 12.1 Å². The average Bonchev–Trinajstić information content (AvgIpc) is 2.86. The number of amides is 1. The monoisotopic (exact) mass is 302 g/mol. The number of benzene rings is 1. The Labute approximate surface area is 118 Å². The third-order valence-corrected chi connectivity index (χ3v) is 3.48. The van der Waals surface area contributed by atoms with Crippen molar-refractivity contribution >= 4 is 17.6 Å². The minimum atomic E-state index is -4.67. The molecule has 0 radical (unpaired) electrons. The van der Waals surface area contributed by atoms with Crippen LogP contribution in [0, 0.1) is 5.92 Å². The molecule has 1 aromatic rings. The molecule has 3 N–H and O–H groups in total. The van der Waals surface area contributed by atoms with Crippen LogP contribution in [0.2, 0.25) is 0 Å². The van der Waals surface area contributed by atoms with Crippen molar-refractivity contribution in [1.82, 2.24) is 0 Å². The molecule has 1 fully saturated rings. The maximum absolute atomic E-state index is 13.1. The van der Waals surface area contributed by atoms with Crippen molar-refractivity contribution < 1.29 is 27.9 Å². The minimum Gasteiger partial charge on any atom is -0.478 e. The lowest BCUT2D eigenvalue weighted by Crippen LogP contribution is -2.28. The zero-order chi connectivity index (χ0) is 15.8. The molecule has 1 saturated heterocycles. The van der Waals surface area contributed by atoms with Gasteiger partial charge in [-0.15, -0.1) is 0 Å². The first kappa shape index (κ1) is 15.1. The summed E-state index contributed by atoms with van der Waals surface area (Å²) in [6.45, 7) is 0.369. The predicted octanol–water partition coefficient (Wildman–Crippen LogP) is 1.72. The summed E-state index contributed by atoms with van der Waals surface area (Å²) in [5.74, 6) is -2.47. The molecule has 0 bridgehead atoms. The normalized spacial score (nSPS) is 18.8. The van der Waals surface area contributed by atoms with Gasteiger partial charge in [-0.05, 0) is 24.6 Å². The summed E-state index contributed by atoms with van der Waals surface area (Å²) >= 11 is 0. The van der Waals surface area contributed by atoms with E-state index >= 15 is 0 Å². The van der Waals surface area contributed by atoms with Crippen molar-refractivity contribution in [3.8, 4) is 0 Å². The minimum absolute atomic E-state index is 0.102. The van der Waals surface area contributed by atoms with Gasteiger partial charge in [0.1, 0.15) is 0 Å². The van der Waals surface area contributed by atoms with Gasteiger partial charge in [-0.1, -0.05) is 0 Å². The second-order valence-electron chi connectivity index (χ2n) is 4.87. The van der Waals surface area contributed by atoms with Gasteiger partial charge in [0.2, 0.25) is 5.91 Å². The van der Waals surface area contributed by atoms with Crippen LogP contribution in [-0.2, 0) is 11.0 Å². The summed E-state index contributed by atoms with van der Waals surface area (Å²) in [6, 6.07) is 2.84. The van der Waals surface area contributed by atoms with Crippen LogP contribution in [0.5, 0.6) is 0 Å². The lowest BCUT2D eigenvalue weighted by molar-refractivity contribution is -0.137. The molecule has 0 spiro atoms. The van der Waals surface area contributed by atoms with Gasteiger partial charge in [-0.3, -0.25) is 4.79 Å². The van der Waals surface area contributed by atoms with Gasteiger partial charge in [0, 0.05) is 18.8 Å². The number of halogens is 3. The van der Waals surface area contributed by atoms with E-state index in [1.807, 2.05) is 0 Å². The van der Waals surface area contributed by atoms with Crippen LogP contribution in [0.3, 0.4) is 0 Å². The summed E-state index contributed by atoms with van der Waals surface area (Å²) in [5.41, 5.74) is 3.58. The lowest BCUT2D eigenvalue weighted by atomic mass is 10.1. The van der Waals surface area contributed by atoms with Crippen molar-refractivity contribution in [3.63, 3.8) is 0 Å². The molecule has 1 heterocycles. The topological polar surface area (TPSA) is 83.6 Å². The third kappa shape index (κ3) is 3.09. The second kappa shape index (κ2) is 5.27. The highest BCUT2D eigenvalue weighted by molar-refractivity contribution is 5.88. The Morgan fingerprint density at radius 1 is 1.33 bits per heavy atom. The molecular weight excluding hydrogens is 289 g/mol. The Morgan fingerprint density at radius 2 is 2.00 bits per heavy atom. The number of nitrogens with two attached hydrogens (primary N) is 1. The second-order valence-corrected chi connectivity index (χ2v) is 4.87. The van der Waals surface area contributed by atoms with Gasteiger partial charge in [0.25, 0.3) is 0 Å². The van der Waals surface area contributed by atoms with Gasteiger partial charge in [-0.25, -0.2) is 4.79 Å². The van der Waals surface area contributed by atoms with E-state index in [2.05, 4.69) is 0 Å². The van der Waals surface area contributed by atoms with Gasteiger partial charge in [0.15, 0.2) is 0 Å². The SMILES string of the molecule is NC(=O)C1CCN(c2ccc(C(=O)O)cc2C(F)(F)F)C1. The molecule has 5 nitrogen and oxygen atoms in total. The Hall–Kier alpha value is -2.25. The summed E-state index contributed by atoms with van der Waals surface area (Å²) in [6.07, 6.45) is -4.29. The highest BCUT2D eigenvalue weighted by atomic mass is 19.4. The van der Waals surface area contributed by atoms with E-state index in [9.17, 15) is 22.8 Å². The molecule has 2 rings (SSSR count). The highest BCUT2D eigenvalue weighted by Crippen LogP contribution is 2.38. The van der Waals surface area contributed by atoms with E-state index in [1.165, 1.54) is 4.90 Å². The zero-order valence-corrected chi connectivity index (χ0v) is 10.9. The Kier molecular flexibility index (Phi) is 3.80. The lowest BCUT2D eigenvalue weighted by Gasteiger charge is -2.23. The predicted molar refractivity (Wildman–Crippen MR) is 67.9 cm³/mol. The van der Waals surface area contributed by atoms with E-state index in [-0.39, 0.29) is 18.8 Å². The molecule has 0 aromatic heterocycles. The molecule has 1 aliphatic heterocycles. The van der Waals surface area contributed by atoms with Crippen LogP contribution in [0.4, 0.5) is 18.9 Å². The van der Waals surface area contributed by atoms with Gasteiger partial charge in [-0.2, -0.15) is 13.2 Å². The Balaban J connectivity index is 2.40. The fourth-order valence-corrected chi connectivity index (χ4v) is 2.38. The fraction of sp³-hybridized carbons (Fsp3) is 0.385. The number of hydrogen-bond acceptors (Lipinski definition) is 3. The molecule has 0 aliphatic carbocycles. The molecule has 1 aliphatic rings. The maximum atomic E-state index is 13.1. The first-order valence-corrected chi connectivity index (χ1v) is 6.19. The van der Waals surface area contributed by atoms with Crippen LogP contribution < -0.4 is 10.6 Å². The number of carbonyl (C=O) groups excluding carboxylic acids is 1. The van der Waals surface area contributed by atoms with Crippen LogP contribution in [-0.4, -0.2) is 30.1 Å². The quantitative estimate of drug-likeness (QED) is 0.890. The first-order valence-electron chi connectivity index (χ1n) is 6.19. The largest absolute Gasteiger partial charge is 0.478 e. The Bertz CT molecular complexity index is 587. The van der Waals surface area contributed by atoms with Crippen LogP contribution >= 0.6 is 0 Å². The third-order valence-electron chi connectivity index (χ3n) is 3.48. The summed E-state index contributed by atoms with van der Waals surface area (Å²) in [5, 5.41) is 8.80. The number of aromatic carboxylic acids is 1. The number of primary amides is 1. The molecule has 1 atom stereocenters. The maximum Gasteiger partial charge on any atom is 0.418 e. The molecule has 1 amide bonds. The zero-order valence-electron chi connectivity index (χ0n) is 10.9. The number of carboxylic acid groups (broad SMARTS) is 1.